The lowest BCUT2D eigenvalue weighted by atomic mass is 10.0. The van der Waals surface area contributed by atoms with Gasteiger partial charge < -0.3 is 10.2 Å². The highest BCUT2D eigenvalue weighted by molar-refractivity contribution is 5.97. The zero-order valence-electron chi connectivity index (χ0n) is 14.1. The van der Waals surface area contributed by atoms with Gasteiger partial charge in [0, 0.05) is 24.6 Å². The Morgan fingerprint density at radius 2 is 1.70 bits per heavy atom. The first kappa shape index (κ1) is 17.7. The van der Waals surface area contributed by atoms with E-state index in [1.807, 2.05) is 0 Å². The van der Waals surface area contributed by atoms with Crippen LogP contribution in [0.1, 0.15) is 62.2 Å². The molecule has 0 unspecified atom stereocenters. The summed E-state index contributed by atoms with van der Waals surface area (Å²) in [6, 6.07) is 7.15. The number of carbonyl (C=O) groups excluding carboxylic acids is 2. The van der Waals surface area contributed by atoms with Crippen LogP contribution >= 0.6 is 0 Å². The summed E-state index contributed by atoms with van der Waals surface area (Å²) in [5, 5.41) is 2.71. The SMILES string of the molecule is CC(=O)Nc1ccc(C(=O)CCCCCN2CCCCC2)cc1. The maximum absolute atomic E-state index is 12.1. The number of anilines is 1. The van der Waals surface area contributed by atoms with Crippen LogP contribution in [0.25, 0.3) is 0 Å². The molecule has 1 N–H and O–H groups in total. The standard InChI is InChI=1S/C19H28N2O2/c1-16(22)20-18-11-9-17(10-12-18)19(23)8-4-2-5-13-21-14-6-3-7-15-21/h9-12H,2-8,13-15H2,1H3,(H,20,22). The highest BCUT2D eigenvalue weighted by atomic mass is 16.1. The fourth-order valence-electron chi connectivity index (χ4n) is 3.07. The summed E-state index contributed by atoms with van der Waals surface area (Å²) in [4.78, 5) is 25.7. The molecule has 4 nitrogen and oxygen atoms in total. The van der Waals surface area contributed by atoms with Gasteiger partial charge in [-0.05, 0) is 69.6 Å². The van der Waals surface area contributed by atoms with E-state index in [0.717, 1.165) is 24.1 Å². The van der Waals surface area contributed by atoms with Gasteiger partial charge in [-0.2, -0.15) is 0 Å². The zero-order chi connectivity index (χ0) is 16.5. The highest BCUT2D eigenvalue weighted by Crippen LogP contribution is 2.14. The van der Waals surface area contributed by atoms with E-state index in [1.54, 1.807) is 24.3 Å². The van der Waals surface area contributed by atoms with Crippen molar-refractivity contribution in [3.63, 3.8) is 0 Å². The molecular weight excluding hydrogens is 288 g/mol. The Morgan fingerprint density at radius 1 is 1.00 bits per heavy atom. The van der Waals surface area contributed by atoms with E-state index in [0.29, 0.717) is 6.42 Å². The second kappa shape index (κ2) is 9.46. The van der Waals surface area contributed by atoms with Crippen molar-refractivity contribution in [1.82, 2.24) is 4.90 Å². The van der Waals surface area contributed by atoms with Crippen molar-refractivity contribution in [1.29, 1.82) is 0 Å². The first-order valence-corrected chi connectivity index (χ1v) is 8.78. The molecule has 0 aromatic heterocycles. The van der Waals surface area contributed by atoms with Crippen LogP contribution < -0.4 is 5.32 Å². The summed E-state index contributed by atoms with van der Waals surface area (Å²) in [5.74, 6) is 0.0927. The van der Waals surface area contributed by atoms with Crippen LogP contribution in [0, 0.1) is 0 Å². The fraction of sp³-hybridized carbons (Fsp3) is 0.579. The average Bonchev–Trinajstić information content (AvgIpc) is 2.55. The molecule has 4 heteroatoms. The van der Waals surface area contributed by atoms with Gasteiger partial charge in [-0.25, -0.2) is 0 Å². The van der Waals surface area contributed by atoms with E-state index < -0.39 is 0 Å². The van der Waals surface area contributed by atoms with Crippen LogP contribution in [0.3, 0.4) is 0 Å². The van der Waals surface area contributed by atoms with Crippen LogP contribution in [0.15, 0.2) is 24.3 Å². The van der Waals surface area contributed by atoms with E-state index in [2.05, 4.69) is 10.2 Å². The van der Waals surface area contributed by atoms with Crippen LogP contribution in [0.2, 0.25) is 0 Å². The van der Waals surface area contributed by atoms with E-state index >= 15 is 0 Å². The number of nitrogens with zero attached hydrogens (tertiary/aromatic N) is 1. The normalized spacial score (nSPS) is 15.3. The van der Waals surface area contributed by atoms with E-state index in [-0.39, 0.29) is 11.7 Å². The monoisotopic (exact) mass is 316 g/mol. The first-order valence-electron chi connectivity index (χ1n) is 8.78. The summed E-state index contributed by atoms with van der Waals surface area (Å²) >= 11 is 0. The minimum absolute atomic E-state index is 0.0993. The van der Waals surface area contributed by atoms with Gasteiger partial charge in [-0.15, -0.1) is 0 Å². The van der Waals surface area contributed by atoms with Gasteiger partial charge in [-0.1, -0.05) is 12.8 Å². The van der Waals surface area contributed by atoms with Crippen molar-refractivity contribution in [2.24, 2.45) is 0 Å². The van der Waals surface area contributed by atoms with Crippen LogP contribution in [-0.2, 0) is 4.79 Å². The summed E-state index contributed by atoms with van der Waals surface area (Å²) < 4.78 is 0. The van der Waals surface area contributed by atoms with Crippen molar-refractivity contribution in [3.05, 3.63) is 29.8 Å². The molecule has 0 atom stereocenters. The van der Waals surface area contributed by atoms with Crippen molar-refractivity contribution in [2.45, 2.75) is 51.9 Å². The Bertz CT molecular complexity index is 505. The van der Waals surface area contributed by atoms with E-state index in [4.69, 9.17) is 0 Å². The Hall–Kier alpha value is -1.68. The summed E-state index contributed by atoms with van der Waals surface area (Å²) in [7, 11) is 0. The predicted molar refractivity (Wildman–Crippen MR) is 93.8 cm³/mol. The lowest BCUT2D eigenvalue weighted by Gasteiger charge is -2.26. The lowest BCUT2D eigenvalue weighted by molar-refractivity contribution is -0.114. The predicted octanol–water partition coefficient (Wildman–Crippen LogP) is 3.87. The van der Waals surface area contributed by atoms with Crippen LogP contribution in [0.4, 0.5) is 5.69 Å². The third-order valence-corrected chi connectivity index (χ3v) is 4.35. The fourth-order valence-corrected chi connectivity index (χ4v) is 3.07. The Balaban J connectivity index is 1.63. The van der Waals surface area contributed by atoms with Crippen molar-refractivity contribution >= 4 is 17.4 Å². The second-order valence-electron chi connectivity index (χ2n) is 6.39. The Labute approximate surface area is 139 Å². The molecule has 1 aliphatic rings. The quantitative estimate of drug-likeness (QED) is 0.585. The van der Waals surface area contributed by atoms with Crippen molar-refractivity contribution < 1.29 is 9.59 Å². The number of rotatable bonds is 8. The third-order valence-electron chi connectivity index (χ3n) is 4.35. The smallest absolute Gasteiger partial charge is 0.221 e. The Morgan fingerprint density at radius 3 is 2.35 bits per heavy atom. The molecule has 1 aliphatic heterocycles. The van der Waals surface area contributed by atoms with Crippen LogP contribution in [0.5, 0.6) is 0 Å². The molecule has 23 heavy (non-hydrogen) atoms. The van der Waals surface area contributed by atoms with Gasteiger partial charge in [0.2, 0.25) is 5.91 Å². The molecular formula is C19H28N2O2. The maximum Gasteiger partial charge on any atom is 0.221 e. The molecule has 1 aromatic rings. The molecule has 0 spiro atoms. The number of piperidine rings is 1. The van der Waals surface area contributed by atoms with Gasteiger partial charge >= 0.3 is 0 Å². The summed E-state index contributed by atoms with van der Waals surface area (Å²) in [6.45, 7) is 5.15. The Kier molecular flexibility index (Phi) is 7.27. The number of likely N-dealkylation sites (tertiary alicyclic amines) is 1. The number of benzene rings is 1. The molecule has 1 heterocycles. The molecule has 2 rings (SSSR count). The number of Topliss-reactive ketones (excluding diaryl/α,β-unsaturated/α-hetero) is 1. The van der Waals surface area contributed by atoms with E-state index in [1.165, 1.54) is 52.2 Å². The van der Waals surface area contributed by atoms with E-state index in [9.17, 15) is 9.59 Å². The number of amides is 1. The molecule has 0 bridgehead atoms. The zero-order valence-corrected chi connectivity index (χ0v) is 14.1. The first-order chi connectivity index (χ1) is 11.1. The number of carbonyl (C=O) groups is 2. The number of ketones is 1. The minimum Gasteiger partial charge on any atom is -0.326 e. The minimum atomic E-state index is -0.0993. The van der Waals surface area contributed by atoms with Gasteiger partial charge in [0.05, 0.1) is 0 Å². The topological polar surface area (TPSA) is 49.4 Å². The number of hydrogen-bond acceptors (Lipinski definition) is 3. The largest absolute Gasteiger partial charge is 0.326 e. The summed E-state index contributed by atoms with van der Waals surface area (Å²) in [6.07, 6.45) is 7.94. The van der Waals surface area contributed by atoms with Gasteiger partial charge in [0.25, 0.3) is 0 Å². The molecule has 0 saturated carbocycles. The maximum atomic E-state index is 12.1. The highest BCUT2D eigenvalue weighted by Gasteiger charge is 2.10. The number of hydrogen-bond donors (Lipinski definition) is 1. The molecule has 1 saturated heterocycles. The third kappa shape index (κ3) is 6.53. The number of nitrogens with one attached hydrogen (secondary N) is 1. The molecule has 0 aliphatic carbocycles. The van der Waals surface area contributed by atoms with Gasteiger partial charge in [0.1, 0.15) is 0 Å². The van der Waals surface area contributed by atoms with Gasteiger partial charge in [-0.3, -0.25) is 9.59 Å². The molecule has 1 aromatic carbocycles. The van der Waals surface area contributed by atoms with Crippen LogP contribution in [-0.4, -0.2) is 36.2 Å². The molecule has 126 valence electrons. The molecule has 1 amide bonds. The van der Waals surface area contributed by atoms with Crippen molar-refractivity contribution in [2.75, 3.05) is 25.0 Å². The lowest BCUT2D eigenvalue weighted by Crippen LogP contribution is -2.30. The van der Waals surface area contributed by atoms with Gasteiger partial charge in [0.15, 0.2) is 5.78 Å². The number of unbranched alkanes of at least 4 members (excludes halogenated alkanes) is 2. The second-order valence-corrected chi connectivity index (χ2v) is 6.39. The summed E-state index contributed by atoms with van der Waals surface area (Å²) in [5.41, 5.74) is 1.46. The van der Waals surface area contributed by atoms with Crippen molar-refractivity contribution in [3.8, 4) is 0 Å². The molecule has 0 radical (unpaired) electrons. The average molecular weight is 316 g/mol. The molecule has 1 fully saturated rings.